The molecule has 3 aromatic carbocycles. The number of halogens is 6. The van der Waals surface area contributed by atoms with Crippen LogP contribution in [-0.4, -0.2) is 26.4 Å². The lowest BCUT2D eigenvalue weighted by atomic mass is 9.92. The molecular formula is C29H17ClF5N5O2. The van der Waals surface area contributed by atoms with E-state index in [1.165, 1.54) is 23.0 Å². The smallest absolute Gasteiger partial charge is 0.341 e. The molecule has 1 aliphatic rings. The van der Waals surface area contributed by atoms with Gasteiger partial charge in [-0.25, -0.2) is 18.3 Å². The van der Waals surface area contributed by atoms with Gasteiger partial charge < -0.3 is 10.6 Å². The second-order valence-electron chi connectivity index (χ2n) is 9.67. The zero-order chi connectivity index (χ0) is 29.9. The predicted molar refractivity (Wildman–Crippen MR) is 143 cm³/mol. The number of anilines is 1. The number of nitrogens with one attached hydrogen (secondary N) is 2. The van der Waals surface area contributed by atoms with Crippen LogP contribution < -0.4 is 10.6 Å². The summed E-state index contributed by atoms with van der Waals surface area (Å²) in [6.07, 6.45) is -1.87. The highest BCUT2D eigenvalue weighted by Gasteiger charge is 2.36. The molecule has 0 fully saturated rings. The number of aryl methyl sites for hydroxylation is 1. The summed E-state index contributed by atoms with van der Waals surface area (Å²) in [5, 5.41) is 9.54. The third-order valence-electron chi connectivity index (χ3n) is 6.93. The average Bonchev–Trinajstić information content (AvgIpc) is 3.52. The van der Waals surface area contributed by atoms with Gasteiger partial charge in [0.2, 0.25) is 0 Å². The Morgan fingerprint density at radius 1 is 1.02 bits per heavy atom. The summed E-state index contributed by atoms with van der Waals surface area (Å²) in [7, 11) is 0. The Kier molecular flexibility index (Phi) is 6.45. The van der Waals surface area contributed by atoms with E-state index in [2.05, 4.69) is 20.7 Å². The Morgan fingerprint density at radius 3 is 2.57 bits per heavy atom. The van der Waals surface area contributed by atoms with E-state index >= 15 is 0 Å². The largest absolute Gasteiger partial charge is 0.416 e. The molecular weight excluding hydrogens is 581 g/mol. The fourth-order valence-corrected chi connectivity index (χ4v) is 5.23. The van der Waals surface area contributed by atoms with E-state index in [9.17, 15) is 31.5 Å². The summed E-state index contributed by atoms with van der Waals surface area (Å²) in [6.45, 7) is 1.80. The molecule has 2 amide bonds. The Morgan fingerprint density at radius 2 is 1.81 bits per heavy atom. The number of rotatable bonds is 4. The summed E-state index contributed by atoms with van der Waals surface area (Å²) >= 11 is 6.35. The van der Waals surface area contributed by atoms with Crippen LogP contribution in [0.5, 0.6) is 0 Å². The maximum atomic E-state index is 14.2. The Hall–Kier alpha value is -4.84. The lowest BCUT2D eigenvalue weighted by molar-refractivity contribution is -0.137. The number of fused-ring (bicyclic) bond motifs is 2. The van der Waals surface area contributed by atoms with Crippen LogP contribution in [0.3, 0.4) is 0 Å². The quantitative estimate of drug-likeness (QED) is 0.225. The van der Waals surface area contributed by atoms with Gasteiger partial charge in [0.25, 0.3) is 11.8 Å². The molecule has 212 valence electrons. The standard InChI is InChI=1S/C29H17ClF5N5O2/c1-13-4-24-36-12-37-40(24)11-21(13)14-7-20-25(26(39-28(20)42)19-10-17(31)2-3-22(19)30)23(8-14)38-27(41)15-5-16(29(33,34)35)9-18(32)6-15/h2-12,26H,1H3,(H,38,41)(H,39,42). The zero-order valence-electron chi connectivity index (χ0n) is 21.4. The van der Waals surface area contributed by atoms with Gasteiger partial charge in [-0.15, -0.1) is 0 Å². The Labute approximate surface area is 239 Å². The molecule has 0 radical (unpaired) electrons. The summed E-state index contributed by atoms with van der Waals surface area (Å²) < 4.78 is 69.9. The highest BCUT2D eigenvalue weighted by molar-refractivity contribution is 6.31. The summed E-state index contributed by atoms with van der Waals surface area (Å²) in [5.74, 6) is -3.51. The first-order chi connectivity index (χ1) is 19.9. The molecule has 7 nitrogen and oxygen atoms in total. The Balaban J connectivity index is 1.53. The second kappa shape index (κ2) is 9.91. The number of carbonyl (C=O) groups is 2. The monoisotopic (exact) mass is 597 g/mol. The molecule has 0 spiro atoms. The van der Waals surface area contributed by atoms with Gasteiger partial charge in [-0.1, -0.05) is 11.6 Å². The molecule has 13 heteroatoms. The van der Waals surface area contributed by atoms with Gasteiger partial charge in [0, 0.05) is 44.7 Å². The minimum absolute atomic E-state index is 0.0204. The molecule has 3 heterocycles. The number of benzene rings is 3. The molecule has 2 N–H and O–H groups in total. The van der Waals surface area contributed by atoms with Gasteiger partial charge in [-0.05, 0) is 72.6 Å². The third kappa shape index (κ3) is 4.83. The van der Waals surface area contributed by atoms with E-state index < -0.39 is 46.8 Å². The fraction of sp³-hybridized carbons (Fsp3) is 0.103. The van der Waals surface area contributed by atoms with Gasteiger partial charge in [-0.2, -0.15) is 18.3 Å². The van der Waals surface area contributed by atoms with Crippen LogP contribution >= 0.6 is 11.6 Å². The molecule has 1 atom stereocenters. The van der Waals surface area contributed by atoms with E-state index in [0.717, 1.165) is 17.7 Å². The van der Waals surface area contributed by atoms with Gasteiger partial charge in [0.1, 0.15) is 18.0 Å². The van der Waals surface area contributed by atoms with Gasteiger partial charge in [0.15, 0.2) is 5.65 Å². The summed E-state index contributed by atoms with van der Waals surface area (Å²) in [6, 6.07) is 8.89. The number of hydrogen-bond acceptors (Lipinski definition) is 4. The van der Waals surface area contributed by atoms with Gasteiger partial charge in [0.05, 0.1) is 11.6 Å². The van der Waals surface area contributed by atoms with E-state index in [-0.39, 0.29) is 33.5 Å². The maximum Gasteiger partial charge on any atom is 0.416 e. The van der Waals surface area contributed by atoms with E-state index in [1.54, 1.807) is 25.3 Å². The lowest BCUT2D eigenvalue weighted by Gasteiger charge is -2.19. The topological polar surface area (TPSA) is 88.4 Å². The molecule has 0 aliphatic carbocycles. The van der Waals surface area contributed by atoms with Crippen molar-refractivity contribution in [2.75, 3.05) is 5.32 Å². The molecule has 0 bridgehead atoms. The molecule has 5 aromatic rings. The first-order valence-electron chi connectivity index (χ1n) is 12.3. The number of pyridine rings is 1. The SMILES string of the molecule is Cc1cc2ncnn2cc1-c1cc(NC(=O)c2cc(F)cc(C(F)(F)F)c2)c2c(c1)C(=O)NC2c1cc(F)ccc1Cl. The van der Waals surface area contributed by atoms with Crippen molar-refractivity contribution in [2.45, 2.75) is 19.1 Å². The molecule has 6 rings (SSSR count). The van der Waals surface area contributed by atoms with E-state index in [4.69, 9.17) is 11.6 Å². The summed E-state index contributed by atoms with van der Waals surface area (Å²) in [4.78, 5) is 30.7. The van der Waals surface area contributed by atoms with Crippen molar-refractivity contribution >= 4 is 34.7 Å². The van der Waals surface area contributed by atoms with Gasteiger partial charge >= 0.3 is 6.18 Å². The predicted octanol–water partition coefficient (Wildman–Crippen LogP) is 6.74. The first kappa shape index (κ1) is 27.3. The van der Waals surface area contributed by atoms with Crippen molar-refractivity contribution in [3.8, 4) is 11.1 Å². The number of hydrogen-bond donors (Lipinski definition) is 2. The van der Waals surface area contributed by atoms with Crippen LogP contribution in [0.2, 0.25) is 5.02 Å². The molecule has 42 heavy (non-hydrogen) atoms. The van der Waals surface area contributed by atoms with Crippen molar-refractivity contribution in [1.29, 1.82) is 0 Å². The highest BCUT2D eigenvalue weighted by atomic mass is 35.5. The van der Waals surface area contributed by atoms with E-state index in [1.807, 2.05) is 0 Å². The van der Waals surface area contributed by atoms with Crippen molar-refractivity contribution in [1.82, 2.24) is 19.9 Å². The van der Waals surface area contributed by atoms with Crippen LogP contribution in [0.15, 0.2) is 67.1 Å². The normalized spacial score (nSPS) is 14.6. The van der Waals surface area contributed by atoms with Crippen molar-refractivity contribution in [3.63, 3.8) is 0 Å². The van der Waals surface area contributed by atoms with Crippen LogP contribution in [0, 0.1) is 18.6 Å². The third-order valence-corrected chi connectivity index (χ3v) is 7.27. The number of aromatic nitrogens is 3. The fourth-order valence-electron chi connectivity index (χ4n) is 5.00. The van der Waals surface area contributed by atoms with Crippen molar-refractivity contribution < 1.29 is 31.5 Å². The number of alkyl halides is 3. The maximum absolute atomic E-state index is 14.2. The van der Waals surface area contributed by atoms with Crippen LogP contribution in [0.4, 0.5) is 27.6 Å². The van der Waals surface area contributed by atoms with Crippen LogP contribution in [0.1, 0.15) is 49.0 Å². The zero-order valence-corrected chi connectivity index (χ0v) is 22.1. The van der Waals surface area contributed by atoms with Gasteiger partial charge in [-0.3, -0.25) is 9.59 Å². The first-order valence-corrected chi connectivity index (χ1v) is 12.7. The molecule has 0 saturated carbocycles. The van der Waals surface area contributed by atoms with Crippen LogP contribution in [0.25, 0.3) is 16.8 Å². The summed E-state index contributed by atoms with van der Waals surface area (Å²) in [5.41, 5.74) is 0.963. The van der Waals surface area contributed by atoms with Crippen LogP contribution in [-0.2, 0) is 6.18 Å². The molecule has 2 aromatic heterocycles. The minimum atomic E-state index is -4.90. The van der Waals surface area contributed by atoms with Crippen molar-refractivity contribution in [3.05, 3.63) is 117 Å². The highest BCUT2D eigenvalue weighted by Crippen LogP contribution is 2.42. The average molecular weight is 598 g/mol. The number of amides is 2. The molecule has 1 unspecified atom stereocenters. The molecule has 1 aliphatic heterocycles. The second-order valence-corrected chi connectivity index (χ2v) is 10.1. The van der Waals surface area contributed by atoms with Crippen molar-refractivity contribution in [2.24, 2.45) is 0 Å². The number of nitrogens with zero attached hydrogens (tertiary/aromatic N) is 3. The minimum Gasteiger partial charge on any atom is -0.341 e. The lowest BCUT2D eigenvalue weighted by Crippen LogP contribution is -2.21. The number of carbonyl (C=O) groups excluding carboxylic acids is 2. The molecule has 0 saturated heterocycles. The Bertz CT molecular complexity index is 1940. The van der Waals surface area contributed by atoms with E-state index in [0.29, 0.717) is 28.9 Å².